The Bertz CT molecular complexity index is 728. The topological polar surface area (TPSA) is 49.6 Å². The average molecular weight is 334 g/mol. The number of halogens is 1. The number of piperazine rings is 1. The van der Waals surface area contributed by atoms with Crippen LogP contribution >= 0.6 is 11.6 Å². The van der Waals surface area contributed by atoms with Crippen molar-refractivity contribution in [2.75, 3.05) is 20.1 Å². The van der Waals surface area contributed by atoms with E-state index in [-0.39, 0.29) is 11.9 Å². The van der Waals surface area contributed by atoms with Crippen molar-refractivity contribution in [1.29, 1.82) is 0 Å². The monoisotopic (exact) mass is 333 g/mol. The molecule has 5 nitrogen and oxygen atoms in total. The van der Waals surface area contributed by atoms with Gasteiger partial charge < -0.3 is 9.32 Å². The van der Waals surface area contributed by atoms with Crippen molar-refractivity contribution >= 4 is 17.5 Å². The zero-order valence-corrected chi connectivity index (χ0v) is 14.3. The van der Waals surface area contributed by atoms with Crippen LogP contribution in [0.25, 0.3) is 11.5 Å². The molecular weight excluding hydrogens is 314 g/mol. The SMILES string of the molecule is Cc1oc(-c2ccccc2Cl)nc1CN1CCN(C)C(=O)[C@H]1C. The zero-order chi connectivity index (χ0) is 16.6. The van der Waals surface area contributed by atoms with Crippen molar-refractivity contribution in [2.24, 2.45) is 0 Å². The number of nitrogens with zero attached hydrogens (tertiary/aromatic N) is 3. The van der Waals surface area contributed by atoms with Gasteiger partial charge in [-0.2, -0.15) is 0 Å². The Balaban J connectivity index is 1.82. The van der Waals surface area contributed by atoms with Gasteiger partial charge in [0.1, 0.15) is 5.76 Å². The van der Waals surface area contributed by atoms with Crippen LogP contribution in [-0.4, -0.2) is 46.9 Å². The number of aryl methyl sites for hydroxylation is 1. The number of aromatic nitrogens is 1. The molecule has 122 valence electrons. The van der Waals surface area contributed by atoms with Crippen LogP contribution in [0, 0.1) is 6.92 Å². The first-order valence-electron chi connectivity index (χ1n) is 7.67. The van der Waals surface area contributed by atoms with Gasteiger partial charge in [0, 0.05) is 26.7 Å². The molecule has 1 aliphatic heterocycles. The summed E-state index contributed by atoms with van der Waals surface area (Å²) in [7, 11) is 1.84. The second-order valence-electron chi connectivity index (χ2n) is 5.91. The van der Waals surface area contributed by atoms with E-state index in [1.54, 1.807) is 4.90 Å². The van der Waals surface area contributed by atoms with Crippen molar-refractivity contribution in [3.8, 4) is 11.5 Å². The van der Waals surface area contributed by atoms with Gasteiger partial charge in [0.2, 0.25) is 11.8 Å². The molecule has 0 bridgehead atoms. The van der Waals surface area contributed by atoms with Gasteiger partial charge in [0.25, 0.3) is 0 Å². The molecule has 23 heavy (non-hydrogen) atoms. The fourth-order valence-corrected chi connectivity index (χ4v) is 3.01. The quantitative estimate of drug-likeness (QED) is 0.866. The highest BCUT2D eigenvalue weighted by molar-refractivity contribution is 6.33. The van der Waals surface area contributed by atoms with Crippen LogP contribution < -0.4 is 0 Å². The van der Waals surface area contributed by atoms with Gasteiger partial charge in [0.05, 0.1) is 22.3 Å². The number of amides is 1. The molecule has 2 aromatic rings. The molecule has 2 heterocycles. The van der Waals surface area contributed by atoms with Crippen molar-refractivity contribution in [1.82, 2.24) is 14.8 Å². The summed E-state index contributed by atoms with van der Waals surface area (Å²) in [5, 5.41) is 0.614. The number of carbonyl (C=O) groups is 1. The largest absolute Gasteiger partial charge is 0.441 e. The first kappa shape index (κ1) is 16.0. The lowest BCUT2D eigenvalue weighted by molar-refractivity contribution is -0.139. The molecule has 1 saturated heterocycles. The fourth-order valence-electron chi connectivity index (χ4n) is 2.79. The standard InChI is InChI=1S/C17H20ClN3O2/c1-11-17(22)20(3)8-9-21(11)10-15-12(2)23-16(19-15)13-6-4-5-7-14(13)18/h4-7,11H,8-10H2,1-3H3/t11-/m1/s1. The smallest absolute Gasteiger partial charge is 0.239 e. The molecule has 1 atom stereocenters. The van der Waals surface area contributed by atoms with Gasteiger partial charge in [-0.05, 0) is 26.0 Å². The Labute approximate surface area is 140 Å². The molecular formula is C17H20ClN3O2. The Morgan fingerprint density at radius 3 is 2.83 bits per heavy atom. The normalized spacial score (nSPS) is 19.4. The maximum absolute atomic E-state index is 12.1. The fraction of sp³-hybridized carbons (Fsp3) is 0.412. The van der Waals surface area contributed by atoms with Crippen molar-refractivity contribution < 1.29 is 9.21 Å². The lowest BCUT2D eigenvalue weighted by Gasteiger charge is -2.36. The number of benzene rings is 1. The van der Waals surface area contributed by atoms with Gasteiger partial charge in [-0.1, -0.05) is 23.7 Å². The second kappa shape index (κ2) is 6.34. The highest BCUT2D eigenvalue weighted by Crippen LogP contribution is 2.29. The Kier molecular flexibility index (Phi) is 4.41. The van der Waals surface area contributed by atoms with Crippen LogP contribution in [0.1, 0.15) is 18.4 Å². The third-order valence-electron chi connectivity index (χ3n) is 4.35. The second-order valence-corrected chi connectivity index (χ2v) is 6.32. The molecule has 0 radical (unpaired) electrons. The van der Waals surface area contributed by atoms with Gasteiger partial charge in [-0.25, -0.2) is 4.98 Å². The van der Waals surface area contributed by atoms with E-state index in [1.807, 2.05) is 45.2 Å². The van der Waals surface area contributed by atoms with Crippen LogP contribution in [0.5, 0.6) is 0 Å². The summed E-state index contributed by atoms with van der Waals surface area (Å²) in [5.74, 6) is 1.43. The van der Waals surface area contributed by atoms with Gasteiger partial charge in [0.15, 0.2) is 0 Å². The van der Waals surface area contributed by atoms with Gasteiger partial charge in [-0.15, -0.1) is 0 Å². The summed E-state index contributed by atoms with van der Waals surface area (Å²) < 4.78 is 5.79. The van der Waals surface area contributed by atoms with Crippen LogP contribution in [0.15, 0.2) is 28.7 Å². The van der Waals surface area contributed by atoms with Crippen LogP contribution in [-0.2, 0) is 11.3 Å². The highest BCUT2D eigenvalue weighted by Gasteiger charge is 2.30. The molecule has 1 aliphatic rings. The summed E-state index contributed by atoms with van der Waals surface area (Å²) in [4.78, 5) is 20.6. The van der Waals surface area contributed by atoms with Crippen LogP contribution in [0.2, 0.25) is 5.02 Å². The van der Waals surface area contributed by atoms with Gasteiger partial charge >= 0.3 is 0 Å². The maximum Gasteiger partial charge on any atom is 0.239 e. The maximum atomic E-state index is 12.1. The number of likely N-dealkylation sites (N-methyl/N-ethyl adjacent to an activating group) is 1. The molecule has 0 aliphatic carbocycles. The lowest BCUT2D eigenvalue weighted by Crippen LogP contribution is -2.53. The van der Waals surface area contributed by atoms with Crippen molar-refractivity contribution in [3.05, 3.63) is 40.7 Å². The minimum absolute atomic E-state index is 0.142. The van der Waals surface area contributed by atoms with E-state index < -0.39 is 0 Å². The Morgan fingerprint density at radius 2 is 2.09 bits per heavy atom. The summed E-state index contributed by atoms with van der Waals surface area (Å²) in [6, 6.07) is 7.34. The average Bonchev–Trinajstić information content (AvgIpc) is 2.89. The summed E-state index contributed by atoms with van der Waals surface area (Å²) in [5.41, 5.74) is 1.63. The number of hydrogen-bond acceptors (Lipinski definition) is 4. The predicted octanol–water partition coefficient (Wildman–Crippen LogP) is 2.97. The van der Waals surface area contributed by atoms with E-state index in [1.165, 1.54) is 0 Å². The van der Waals surface area contributed by atoms with E-state index >= 15 is 0 Å². The molecule has 0 spiro atoms. The number of rotatable bonds is 3. The summed E-state index contributed by atoms with van der Waals surface area (Å²) >= 11 is 6.21. The molecule has 0 saturated carbocycles. The molecule has 6 heteroatoms. The minimum atomic E-state index is -0.145. The number of carbonyl (C=O) groups excluding carboxylic acids is 1. The molecule has 1 aromatic heterocycles. The third kappa shape index (κ3) is 3.12. The Morgan fingerprint density at radius 1 is 1.35 bits per heavy atom. The minimum Gasteiger partial charge on any atom is -0.441 e. The van der Waals surface area contributed by atoms with Crippen LogP contribution in [0.3, 0.4) is 0 Å². The number of hydrogen-bond donors (Lipinski definition) is 0. The van der Waals surface area contributed by atoms with E-state index in [0.717, 1.165) is 30.1 Å². The molecule has 0 unspecified atom stereocenters. The highest BCUT2D eigenvalue weighted by atomic mass is 35.5. The summed E-state index contributed by atoms with van der Waals surface area (Å²) in [6.45, 7) is 5.99. The zero-order valence-electron chi connectivity index (χ0n) is 13.5. The molecule has 1 amide bonds. The first-order chi connectivity index (χ1) is 11.0. The Hall–Kier alpha value is -1.85. The van der Waals surface area contributed by atoms with Gasteiger partial charge in [-0.3, -0.25) is 9.69 Å². The van der Waals surface area contributed by atoms with E-state index in [9.17, 15) is 4.79 Å². The molecule has 3 rings (SSSR count). The lowest BCUT2D eigenvalue weighted by atomic mass is 10.1. The molecule has 0 N–H and O–H groups in total. The van der Waals surface area contributed by atoms with Crippen molar-refractivity contribution in [2.45, 2.75) is 26.4 Å². The first-order valence-corrected chi connectivity index (χ1v) is 8.05. The van der Waals surface area contributed by atoms with E-state index in [2.05, 4.69) is 9.88 Å². The molecule has 1 fully saturated rings. The van der Waals surface area contributed by atoms with Crippen LogP contribution in [0.4, 0.5) is 0 Å². The summed E-state index contributed by atoms with van der Waals surface area (Å²) in [6.07, 6.45) is 0. The third-order valence-corrected chi connectivity index (χ3v) is 4.68. The van der Waals surface area contributed by atoms with Crippen molar-refractivity contribution in [3.63, 3.8) is 0 Å². The number of oxazole rings is 1. The van der Waals surface area contributed by atoms with E-state index in [4.69, 9.17) is 16.0 Å². The predicted molar refractivity (Wildman–Crippen MR) is 89.2 cm³/mol. The molecule has 1 aromatic carbocycles. The van der Waals surface area contributed by atoms with E-state index in [0.29, 0.717) is 17.5 Å².